The molecule has 3 nitrogen and oxygen atoms in total. The lowest BCUT2D eigenvalue weighted by Crippen LogP contribution is -2.41. The quantitative estimate of drug-likeness (QED) is 0.764. The van der Waals surface area contributed by atoms with Gasteiger partial charge < -0.3 is 9.64 Å². The lowest BCUT2D eigenvalue weighted by molar-refractivity contribution is -0.120. The molecule has 1 atom stereocenters. The van der Waals surface area contributed by atoms with E-state index in [-0.39, 0.29) is 6.04 Å². The first-order chi connectivity index (χ1) is 7.72. The zero-order valence-corrected chi connectivity index (χ0v) is 9.77. The van der Waals surface area contributed by atoms with Crippen molar-refractivity contribution >= 4 is 11.5 Å². The molecule has 16 heavy (non-hydrogen) atoms. The molecule has 1 aliphatic heterocycles. The Morgan fingerprint density at radius 3 is 2.81 bits per heavy atom. The maximum absolute atomic E-state index is 11.3. The van der Waals surface area contributed by atoms with Gasteiger partial charge in [-0.3, -0.25) is 4.79 Å². The van der Waals surface area contributed by atoms with E-state index in [1.807, 2.05) is 24.3 Å². The van der Waals surface area contributed by atoms with E-state index >= 15 is 0 Å². The average Bonchev–Trinajstić information content (AvgIpc) is 2.29. The molecular formula is C13H17NO2. The SMILES string of the molecule is COc1ccccc1N1CCC(=O)CC1C. The molecule has 0 N–H and O–H groups in total. The minimum atomic E-state index is 0.262. The van der Waals surface area contributed by atoms with Crippen LogP contribution < -0.4 is 9.64 Å². The van der Waals surface area contributed by atoms with Gasteiger partial charge in [0.05, 0.1) is 12.8 Å². The fourth-order valence-electron chi connectivity index (χ4n) is 2.23. The molecule has 0 aromatic heterocycles. The molecule has 0 spiro atoms. The highest BCUT2D eigenvalue weighted by molar-refractivity contribution is 5.82. The highest BCUT2D eigenvalue weighted by atomic mass is 16.5. The van der Waals surface area contributed by atoms with Crippen LogP contribution in [0.3, 0.4) is 0 Å². The number of rotatable bonds is 2. The molecule has 0 amide bonds. The smallest absolute Gasteiger partial charge is 0.142 e. The van der Waals surface area contributed by atoms with Crippen LogP contribution in [0.2, 0.25) is 0 Å². The predicted octanol–water partition coefficient (Wildman–Crippen LogP) is 2.25. The van der Waals surface area contributed by atoms with Crippen molar-refractivity contribution in [2.24, 2.45) is 0 Å². The fraction of sp³-hybridized carbons (Fsp3) is 0.462. The third-order valence-electron chi connectivity index (χ3n) is 3.08. The molecule has 86 valence electrons. The van der Waals surface area contributed by atoms with E-state index in [0.717, 1.165) is 18.0 Å². The summed E-state index contributed by atoms with van der Waals surface area (Å²) in [5.41, 5.74) is 1.09. The number of carbonyl (C=O) groups excluding carboxylic acids is 1. The first-order valence-electron chi connectivity index (χ1n) is 5.63. The average molecular weight is 219 g/mol. The van der Waals surface area contributed by atoms with Crippen LogP contribution in [-0.4, -0.2) is 25.5 Å². The first-order valence-corrected chi connectivity index (χ1v) is 5.63. The van der Waals surface area contributed by atoms with Crippen molar-refractivity contribution in [2.75, 3.05) is 18.6 Å². The molecule has 1 fully saturated rings. The van der Waals surface area contributed by atoms with E-state index in [1.165, 1.54) is 0 Å². The maximum atomic E-state index is 11.3. The topological polar surface area (TPSA) is 29.5 Å². The van der Waals surface area contributed by atoms with Crippen LogP contribution in [0.5, 0.6) is 5.75 Å². The summed E-state index contributed by atoms with van der Waals surface area (Å²) in [5, 5.41) is 0. The van der Waals surface area contributed by atoms with Gasteiger partial charge in [0.15, 0.2) is 0 Å². The largest absolute Gasteiger partial charge is 0.495 e. The van der Waals surface area contributed by atoms with Crippen molar-refractivity contribution < 1.29 is 9.53 Å². The molecule has 0 aliphatic carbocycles. The molecule has 1 unspecified atom stereocenters. The summed E-state index contributed by atoms with van der Waals surface area (Å²) >= 11 is 0. The van der Waals surface area contributed by atoms with E-state index < -0.39 is 0 Å². The van der Waals surface area contributed by atoms with Gasteiger partial charge in [-0.15, -0.1) is 0 Å². The summed E-state index contributed by atoms with van der Waals surface area (Å²) in [4.78, 5) is 13.6. The third kappa shape index (κ3) is 2.03. The van der Waals surface area contributed by atoms with Gasteiger partial charge in [0.2, 0.25) is 0 Å². The number of hydrogen-bond acceptors (Lipinski definition) is 3. The van der Waals surface area contributed by atoms with Gasteiger partial charge >= 0.3 is 0 Å². The number of carbonyl (C=O) groups is 1. The Bertz CT molecular complexity index is 389. The van der Waals surface area contributed by atoms with Crippen LogP contribution in [0.4, 0.5) is 5.69 Å². The summed E-state index contributed by atoms with van der Waals surface area (Å²) in [6, 6.07) is 8.23. The van der Waals surface area contributed by atoms with E-state index in [1.54, 1.807) is 7.11 Å². The number of benzene rings is 1. The molecular weight excluding hydrogens is 202 g/mol. The van der Waals surface area contributed by atoms with Crippen LogP contribution in [0.25, 0.3) is 0 Å². The Balaban J connectivity index is 2.26. The predicted molar refractivity (Wildman–Crippen MR) is 64.0 cm³/mol. The van der Waals surface area contributed by atoms with Crippen molar-refractivity contribution in [3.05, 3.63) is 24.3 Å². The van der Waals surface area contributed by atoms with Crippen molar-refractivity contribution in [3.63, 3.8) is 0 Å². The number of Topliss-reactive ketones (excluding diaryl/α,β-unsaturated/α-hetero) is 1. The number of para-hydroxylation sites is 2. The second kappa shape index (κ2) is 4.56. The Hall–Kier alpha value is -1.51. The van der Waals surface area contributed by atoms with Crippen molar-refractivity contribution in [1.82, 2.24) is 0 Å². The Morgan fingerprint density at radius 2 is 2.12 bits per heavy atom. The first kappa shape index (κ1) is 11.0. The summed E-state index contributed by atoms with van der Waals surface area (Å²) in [7, 11) is 1.68. The molecule has 1 heterocycles. The number of ether oxygens (including phenoxy) is 1. The van der Waals surface area contributed by atoms with Crippen molar-refractivity contribution in [2.45, 2.75) is 25.8 Å². The maximum Gasteiger partial charge on any atom is 0.142 e. The minimum absolute atomic E-state index is 0.262. The third-order valence-corrected chi connectivity index (χ3v) is 3.08. The lowest BCUT2D eigenvalue weighted by atomic mass is 10.0. The van der Waals surface area contributed by atoms with Gasteiger partial charge in [0, 0.05) is 25.4 Å². The zero-order valence-electron chi connectivity index (χ0n) is 9.77. The summed E-state index contributed by atoms with van der Waals surface area (Å²) in [6.45, 7) is 2.88. The van der Waals surface area contributed by atoms with Gasteiger partial charge in [-0.25, -0.2) is 0 Å². The molecule has 1 aromatic carbocycles. The van der Waals surface area contributed by atoms with Gasteiger partial charge in [-0.05, 0) is 19.1 Å². The Morgan fingerprint density at radius 1 is 1.38 bits per heavy atom. The lowest BCUT2D eigenvalue weighted by Gasteiger charge is -2.35. The number of ketones is 1. The standard InChI is InChI=1S/C13H17NO2/c1-10-9-11(15)7-8-14(10)12-5-3-4-6-13(12)16-2/h3-6,10H,7-9H2,1-2H3. The highest BCUT2D eigenvalue weighted by Gasteiger charge is 2.25. The second-order valence-corrected chi connectivity index (χ2v) is 4.21. The van der Waals surface area contributed by atoms with Crippen LogP contribution in [0.1, 0.15) is 19.8 Å². The van der Waals surface area contributed by atoms with Gasteiger partial charge in [0.25, 0.3) is 0 Å². The number of methoxy groups -OCH3 is 1. The number of hydrogen-bond donors (Lipinski definition) is 0. The summed E-state index contributed by atoms with van der Waals surface area (Å²) in [6.07, 6.45) is 1.28. The molecule has 0 bridgehead atoms. The normalized spacial score (nSPS) is 21.0. The molecule has 1 saturated heterocycles. The van der Waals surface area contributed by atoms with E-state index in [0.29, 0.717) is 18.6 Å². The number of nitrogens with zero attached hydrogens (tertiary/aromatic N) is 1. The van der Waals surface area contributed by atoms with Crippen LogP contribution >= 0.6 is 0 Å². The van der Waals surface area contributed by atoms with Crippen LogP contribution in [-0.2, 0) is 4.79 Å². The molecule has 2 rings (SSSR count). The zero-order chi connectivity index (χ0) is 11.5. The number of anilines is 1. The van der Waals surface area contributed by atoms with E-state index in [4.69, 9.17) is 4.74 Å². The fourth-order valence-corrected chi connectivity index (χ4v) is 2.23. The molecule has 1 aliphatic rings. The van der Waals surface area contributed by atoms with E-state index in [2.05, 4.69) is 11.8 Å². The molecule has 0 saturated carbocycles. The van der Waals surface area contributed by atoms with Gasteiger partial charge in [-0.1, -0.05) is 12.1 Å². The molecule has 3 heteroatoms. The van der Waals surface area contributed by atoms with Gasteiger partial charge in [0.1, 0.15) is 11.5 Å². The Kier molecular flexibility index (Phi) is 3.13. The summed E-state index contributed by atoms with van der Waals surface area (Å²) in [5.74, 6) is 1.24. The molecule has 1 aromatic rings. The minimum Gasteiger partial charge on any atom is -0.495 e. The van der Waals surface area contributed by atoms with Crippen LogP contribution in [0, 0.1) is 0 Å². The van der Waals surface area contributed by atoms with Gasteiger partial charge in [-0.2, -0.15) is 0 Å². The van der Waals surface area contributed by atoms with Crippen LogP contribution in [0.15, 0.2) is 24.3 Å². The highest BCUT2D eigenvalue weighted by Crippen LogP contribution is 2.31. The molecule has 0 radical (unpaired) electrons. The monoisotopic (exact) mass is 219 g/mol. The Labute approximate surface area is 96.0 Å². The van der Waals surface area contributed by atoms with E-state index in [9.17, 15) is 4.79 Å². The number of piperidine rings is 1. The van der Waals surface area contributed by atoms with Crippen molar-refractivity contribution in [1.29, 1.82) is 0 Å². The second-order valence-electron chi connectivity index (χ2n) is 4.21. The van der Waals surface area contributed by atoms with Crippen molar-refractivity contribution in [3.8, 4) is 5.75 Å². The summed E-state index contributed by atoms with van der Waals surface area (Å²) < 4.78 is 5.35.